The van der Waals surface area contributed by atoms with Crippen LogP contribution < -0.4 is 10.6 Å². The van der Waals surface area contributed by atoms with Gasteiger partial charge in [0.05, 0.1) is 12.6 Å². The van der Waals surface area contributed by atoms with Crippen LogP contribution in [0.3, 0.4) is 0 Å². The van der Waals surface area contributed by atoms with Crippen molar-refractivity contribution in [2.45, 2.75) is 12.6 Å². The number of pyridine rings is 1. The summed E-state index contributed by atoms with van der Waals surface area (Å²) >= 11 is 0. The van der Waals surface area contributed by atoms with Crippen LogP contribution in [-0.2, 0) is 6.54 Å². The number of aromatic nitrogens is 1. The van der Waals surface area contributed by atoms with Crippen molar-refractivity contribution in [1.82, 2.24) is 15.6 Å². The molecule has 0 bridgehead atoms. The molecule has 1 atom stereocenters. The number of amides is 2. The van der Waals surface area contributed by atoms with Gasteiger partial charge in [0.2, 0.25) is 0 Å². The van der Waals surface area contributed by atoms with Gasteiger partial charge in [-0.05, 0) is 29.3 Å². The molecule has 0 aliphatic heterocycles. The fourth-order valence-corrected chi connectivity index (χ4v) is 1.91. The average molecular weight is 325 g/mol. The van der Waals surface area contributed by atoms with Crippen LogP contribution in [0.4, 0.5) is 18.0 Å². The summed E-state index contributed by atoms with van der Waals surface area (Å²) in [5, 5.41) is 14.1. The summed E-state index contributed by atoms with van der Waals surface area (Å²) in [4.78, 5) is 15.7. The van der Waals surface area contributed by atoms with E-state index in [4.69, 9.17) is 0 Å². The summed E-state index contributed by atoms with van der Waals surface area (Å²) in [6.07, 6.45) is 3.15. The van der Waals surface area contributed by atoms with E-state index in [1.807, 2.05) is 0 Å². The summed E-state index contributed by atoms with van der Waals surface area (Å²) in [7, 11) is 0. The Bertz CT molecular complexity index is 660. The Morgan fingerprint density at radius 1 is 1.26 bits per heavy atom. The Labute approximate surface area is 130 Å². The van der Waals surface area contributed by atoms with Crippen molar-refractivity contribution >= 4 is 6.03 Å². The molecule has 23 heavy (non-hydrogen) atoms. The molecule has 122 valence electrons. The monoisotopic (exact) mass is 325 g/mol. The predicted octanol–water partition coefficient (Wildman–Crippen LogP) is 2.03. The number of aliphatic hydroxyl groups excluding tert-OH is 1. The minimum Gasteiger partial charge on any atom is -0.394 e. The van der Waals surface area contributed by atoms with Gasteiger partial charge in [0.1, 0.15) is 0 Å². The molecule has 2 rings (SSSR count). The second-order valence-electron chi connectivity index (χ2n) is 4.72. The van der Waals surface area contributed by atoms with Crippen molar-refractivity contribution in [3.8, 4) is 0 Å². The number of hydrogen-bond acceptors (Lipinski definition) is 3. The minimum absolute atomic E-state index is 0.0829. The van der Waals surface area contributed by atoms with E-state index in [1.165, 1.54) is 0 Å². The maximum absolute atomic E-state index is 13.2. The van der Waals surface area contributed by atoms with E-state index in [0.29, 0.717) is 0 Å². The standard InChI is InChI=1S/C15H14F3N3O2/c16-11-4-10(5-12(17)14(11)18)13(8-22)21-15(23)20-7-9-2-1-3-19-6-9/h1-6,13,22H,7-8H2,(H2,20,21,23). The van der Waals surface area contributed by atoms with E-state index >= 15 is 0 Å². The normalized spacial score (nSPS) is 11.8. The van der Waals surface area contributed by atoms with Crippen LogP contribution in [-0.4, -0.2) is 22.7 Å². The van der Waals surface area contributed by atoms with Gasteiger partial charge in [-0.2, -0.15) is 0 Å². The SMILES string of the molecule is O=C(NCc1cccnc1)NC(CO)c1cc(F)c(F)c(F)c1. The van der Waals surface area contributed by atoms with Crippen LogP contribution >= 0.6 is 0 Å². The van der Waals surface area contributed by atoms with Gasteiger partial charge in [0.15, 0.2) is 17.5 Å². The van der Waals surface area contributed by atoms with Crippen molar-refractivity contribution < 1.29 is 23.1 Å². The number of urea groups is 1. The van der Waals surface area contributed by atoms with Crippen molar-refractivity contribution in [3.05, 3.63) is 65.2 Å². The fraction of sp³-hybridized carbons (Fsp3) is 0.200. The average Bonchev–Trinajstić information content (AvgIpc) is 2.56. The van der Waals surface area contributed by atoms with Crippen LogP contribution in [0.1, 0.15) is 17.2 Å². The molecule has 0 fully saturated rings. The number of nitrogens with zero attached hydrogens (tertiary/aromatic N) is 1. The fourth-order valence-electron chi connectivity index (χ4n) is 1.91. The highest BCUT2D eigenvalue weighted by Gasteiger charge is 2.18. The largest absolute Gasteiger partial charge is 0.394 e. The maximum Gasteiger partial charge on any atom is 0.315 e. The van der Waals surface area contributed by atoms with E-state index in [0.717, 1.165) is 17.7 Å². The molecule has 1 unspecified atom stereocenters. The first kappa shape index (κ1) is 16.8. The van der Waals surface area contributed by atoms with Gasteiger partial charge >= 0.3 is 6.03 Å². The first-order chi connectivity index (χ1) is 11.0. The first-order valence-corrected chi connectivity index (χ1v) is 6.70. The number of hydrogen-bond donors (Lipinski definition) is 3. The van der Waals surface area contributed by atoms with Crippen molar-refractivity contribution in [2.24, 2.45) is 0 Å². The van der Waals surface area contributed by atoms with Crippen LogP contribution in [0.2, 0.25) is 0 Å². The quantitative estimate of drug-likeness (QED) is 0.737. The van der Waals surface area contributed by atoms with E-state index in [2.05, 4.69) is 15.6 Å². The molecule has 2 amide bonds. The molecule has 0 aliphatic rings. The Kier molecular flexibility index (Phi) is 5.53. The lowest BCUT2D eigenvalue weighted by Gasteiger charge is -2.17. The van der Waals surface area contributed by atoms with Crippen molar-refractivity contribution in [3.63, 3.8) is 0 Å². The third kappa shape index (κ3) is 4.43. The van der Waals surface area contributed by atoms with Crippen LogP contribution in [0, 0.1) is 17.5 Å². The number of halogens is 3. The second kappa shape index (κ2) is 7.59. The summed E-state index contributed by atoms with van der Waals surface area (Å²) in [5.41, 5.74) is 0.669. The van der Waals surface area contributed by atoms with E-state index < -0.39 is 36.1 Å². The Hall–Kier alpha value is -2.61. The molecule has 1 heterocycles. The smallest absolute Gasteiger partial charge is 0.315 e. The van der Waals surface area contributed by atoms with Gasteiger partial charge in [-0.3, -0.25) is 4.98 Å². The van der Waals surface area contributed by atoms with E-state index in [-0.39, 0.29) is 12.1 Å². The molecular formula is C15H14F3N3O2. The zero-order valence-corrected chi connectivity index (χ0v) is 11.9. The highest BCUT2D eigenvalue weighted by Crippen LogP contribution is 2.19. The lowest BCUT2D eigenvalue weighted by Crippen LogP contribution is -2.39. The van der Waals surface area contributed by atoms with Crippen LogP contribution in [0.5, 0.6) is 0 Å². The Morgan fingerprint density at radius 2 is 1.96 bits per heavy atom. The number of aliphatic hydroxyl groups is 1. The van der Waals surface area contributed by atoms with E-state index in [9.17, 15) is 23.1 Å². The third-order valence-electron chi connectivity index (χ3n) is 3.07. The van der Waals surface area contributed by atoms with Gasteiger partial charge in [-0.1, -0.05) is 6.07 Å². The molecule has 1 aromatic carbocycles. The molecule has 5 nitrogen and oxygen atoms in total. The molecule has 3 N–H and O–H groups in total. The molecule has 0 spiro atoms. The van der Waals surface area contributed by atoms with E-state index in [1.54, 1.807) is 24.5 Å². The van der Waals surface area contributed by atoms with Crippen molar-refractivity contribution in [1.29, 1.82) is 0 Å². The van der Waals surface area contributed by atoms with Crippen molar-refractivity contribution in [2.75, 3.05) is 6.61 Å². The summed E-state index contributed by atoms with van der Waals surface area (Å²) in [6, 6.07) is 3.17. The topological polar surface area (TPSA) is 74.2 Å². The van der Waals surface area contributed by atoms with Gasteiger partial charge in [-0.15, -0.1) is 0 Å². The van der Waals surface area contributed by atoms with Gasteiger partial charge < -0.3 is 15.7 Å². The maximum atomic E-state index is 13.2. The third-order valence-corrected chi connectivity index (χ3v) is 3.07. The number of nitrogens with one attached hydrogen (secondary N) is 2. The number of carbonyl (C=O) groups excluding carboxylic acids is 1. The van der Waals surface area contributed by atoms with Gasteiger partial charge in [0.25, 0.3) is 0 Å². The molecule has 2 aromatic rings. The number of benzene rings is 1. The first-order valence-electron chi connectivity index (χ1n) is 6.70. The lowest BCUT2D eigenvalue weighted by molar-refractivity contribution is 0.216. The second-order valence-corrected chi connectivity index (χ2v) is 4.72. The highest BCUT2D eigenvalue weighted by molar-refractivity contribution is 5.74. The molecule has 0 saturated heterocycles. The zero-order valence-electron chi connectivity index (χ0n) is 11.9. The molecular weight excluding hydrogens is 311 g/mol. The summed E-state index contributed by atoms with van der Waals surface area (Å²) in [6.45, 7) is -0.422. The highest BCUT2D eigenvalue weighted by atomic mass is 19.2. The summed E-state index contributed by atoms with van der Waals surface area (Å²) < 4.78 is 39.4. The molecule has 8 heteroatoms. The molecule has 1 aromatic heterocycles. The minimum atomic E-state index is -1.61. The predicted molar refractivity (Wildman–Crippen MR) is 75.8 cm³/mol. The van der Waals surface area contributed by atoms with Crippen LogP contribution in [0.15, 0.2) is 36.7 Å². The Balaban J connectivity index is 2.00. The number of carbonyl (C=O) groups is 1. The van der Waals surface area contributed by atoms with Gasteiger partial charge in [-0.25, -0.2) is 18.0 Å². The zero-order chi connectivity index (χ0) is 16.8. The Morgan fingerprint density at radius 3 is 2.52 bits per heavy atom. The van der Waals surface area contributed by atoms with Crippen LogP contribution in [0.25, 0.3) is 0 Å². The molecule has 0 aliphatic carbocycles. The molecule has 0 saturated carbocycles. The van der Waals surface area contributed by atoms with Gasteiger partial charge in [0, 0.05) is 18.9 Å². The summed E-state index contributed by atoms with van der Waals surface area (Å²) in [5.74, 6) is -4.39. The number of rotatable bonds is 5. The lowest BCUT2D eigenvalue weighted by atomic mass is 10.1. The molecule has 0 radical (unpaired) electrons.